The molecular weight excluding hydrogens is 254 g/mol. The Morgan fingerprint density at radius 1 is 1.43 bits per heavy atom. The summed E-state index contributed by atoms with van der Waals surface area (Å²) in [6, 6.07) is 0. The van der Waals surface area contributed by atoms with Gasteiger partial charge in [-0.3, -0.25) is 4.79 Å². The summed E-state index contributed by atoms with van der Waals surface area (Å²) >= 11 is 2.93. The maximum absolute atomic E-state index is 11.2. The first kappa shape index (κ1) is 13.1. The van der Waals surface area contributed by atoms with E-state index in [4.69, 9.17) is 4.74 Å². The van der Waals surface area contributed by atoms with Crippen molar-refractivity contribution in [1.82, 2.24) is 0 Å². The summed E-state index contributed by atoms with van der Waals surface area (Å²) < 4.78 is 4.74. The van der Waals surface area contributed by atoms with Crippen molar-refractivity contribution in [1.29, 1.82) is 0 Å². The van der Waals surface area contributed by atoms with Gasteiger partial charge in [-0.05, 0) is 6.42 Å². The number of halogens is 1. The van der Waals surface area contributed by atoms with Gasteiger partial charge in [0.1, 0.15) is 7.11 Å². The molecule has 0 aliphatic carbocycles. The van der Waals surface area contributed by atoms with Gasteiger partial charge in [0.25, 0.3) is 0 Å². The maximum atomic E-state index is 11.2. The lowest BCUT2D eigenvalue weighted by Crippen LogP contribution is -2.27. The summed E-state index contributed by atoms with van der Waals surface area (Å²) in [5, 5.41) is 3.32. The lowest BCUT2D eigenvalue weighted by atomic mass is 10.3. The number of ketones is 1. The second kappa shape index (κ2) is 7.49. The lowest BCUT2D eigenvalue weighted by molar-refractivity contribution is -0.136. The predicted octanol–water partition coefficient (Wildman–Crippen LogP) is 0.906. The third-order valence-corrected chi connectivity index (χ3v) is 1.71. The number of hydrogen-bond donors (Lipinski definition) is 0. The van der Waals surface area contributed by atoms with Gasteiger partial charge in [-0.1, -0.05) is 28.0 Å². The van der Waals surface area contributed by atoms with Gasteiger partial charge in [0, 0.05) is 0 Å². The zero-order valence-electron chi connectivity index (χ0n) is 8.08. The molecule has 0 rings (SSSR count). The monoisotopic (exact) mass is 265 g/mol. The minimum Gasteiger partial charge on any atom is -0.461 e. The predicted molar refractivity (Wildman–Crippen MR) is 54.5 cm³/mol. The van der Waals surface area contributed by atoms with Crippen LogP contribution in [-0.2, 0) is 19.2 Å². The van der Waals surface area contributed by atoms with E-state index in [2.05, 4.69) is 25.9 Å². The van der Waals surface area contributed by atoms with Gasteiger partial charge in [0.05, 0.1) is 11.9 Å². The first-order chi connectivity index (χ1) is 6.67. The molecule has 14 heavy (non-hydrogen) atoms. The first-order valence-electron chi connectivity index (χ1n) is 4.04. The number of nitrogens with zero attached hydrogens (tertiary/aromatic N) is 1. The highest BCUT2D eigenvalue weighted by atomic mass is 79.9. The molecule has 0 aliphatic rings. The SMILES string of the molecule is CCCOC(=O)/C(=N\OC)C(=O)CBr. The number of alkyl halides is 1. The van der Waals surface area contributed by atoms with E-state index in [-0.39, 0.29) is 17.6 Å². The number of rotatable bonds is 6. The fourth-order valence-electron chi connectivity index (χ4n) is 0.620. The van der Waals surface area contributed by atoms with Crippen molar-refractivity contribution in [3.8, 4) is 0 Å². The van der Waals surface area contributed by atoms with Crippen molar-refractivity contribution in [2.24, 2.45) is 5.16 Å². The highest BCUT2D eigenvalue weighted by Gasteiger charge is 2.21. The van der Waals surface area contributed by atoms with Gasteiger partial charge in [-0.15, -0.1) is 0 Å². The Kier molecular flexibility index (Phi) is 7.00. The van der Waals surface area contributed by atoms with E-state index in [0.29, 0.717) is 6.42 Å². The Balaban J connectivity index is 4.42. The molecule has 0 heterocycles. The largest absolute Gasteiger partial charge is 0.461 e. The summed E-state index contributed by atoms with van der Waals surface area (Å²) in [7, 11) is 1.26. The van der Waals surface area contributed by atoms with E-state index in [1.54, 1.807) is 0 Å². The van der Waals surface area contributed by atoms with Crippen LogP contribution in [0.1, 0.15) is 13.3 Å². The first-order valence-corrected chi connectivity index (χ1v) is 5.16. The minimum atomic E-state index is -0.752. The van der Waals surface area contributed by atoms with Crippen molar-refractivity contribution >= 4 is 33.4 Å². The number of esters is 1. The Labute approximate surface area is 90.6 Å². The van der Waals surface area contributed by atoms with E-state index in [1.807, 2.05) is 6.92 Å². The van der Waals surface area contributed by atoms with E-state index < -0.39 is 11.8 Å². The molecular formula is C8H12BrNO4. The van der Waals surface area contributed by atoms with Crippen LogP contribution in [-0.4, -0.2) is 36.5 Å². The Morgan fingerprint density at radius 3 is 2.50 bits per heavy atom. The summed E-state index contributed by atoms with van der Waals surface area (Å²) in [5.74, 6) is -1.22. The summed E-state index contributed by atoms with van der Waals surface area (Å²) in [5.41, 5.74) is -0.321. The van der Waals surface area contributed by atoms with Crippen LogP contribution in [0, 0.1) is 0 Å². The number of Topliss-reactive ketones (excluding diaryl/α,β-unsaturated/α-hetero) is 1. The summed E-state index contributed by atoms with van der Waals surface area (Å²) in [4.78, 5) is 26.7. The molecule has 0 aromatic carbocycles. The minimum absolute atomic E-state index is 0.0103. The van der Waals surface area contributed by atoms with Gasteiger partial charge in [0.2, 0.25) is 11.5 Å². The summed E-state index contributed by atoms with van der Waals surface area (Å²) in [6.45, 7) is 2.11. The third kappa shape index (κ3) is 4.36. The van der Waals surface area contributed by atoms with Crippen molar-refractivity contribution in [3.05, 3.63) is 0 Å². The molecule has 0 bridgehead atoms. The van der Waals surface area contributed by atoms with Crippen LogP contribution in [0.3, 0.4) is 0 Å². The van der Waals surface area contributed by atoms with Gasteiger partial charge in [-0.2, -0.15) is 0 Å². The van der Waals surface area contributed by atoms with Crippen LogP contribution in [0.5, 0.6) is 0 Å². The van der Waals surface area contributed by atoms with Crippen LogP contribution in [0.4, 0.5) is 0 Å². The molecule has 0 amide bonds. The Morgan fingerprint density at radius 2 is 2.07 bits per heavy atom. The van der Waals surface area contributed by atoms with Gasteiger partial charge in [-0.25, -0.2) is 4.79 Å². The standard InChI is InChI=1S/C8H12BrNO4/c1-3-4-14-8(12)7(10-13-2)6(11)5-9/h3-5H2,1-2H3/b10-7-. The van der Waals surface area contributed by atoms with Crippen molar-refractivity contribution < 1.29 is 19.2 Å². The topological polar surface area (TPSA) is 65.0 Å². The molecule has 0 N–H and O–H groups in total. The molecule has 5 nitrogen and oxygen atoms in total. The van der Waals surface area contributed by atoms with Crippen LogP contribution < -0.4 is 0 Å². The molecule has 0 atom stereocenters. The number of ether oxygens (including phenoxy) is 1. The molecule has 0 radical (unpaired) electrons. The zero-order valence-corrected chi connectivity index (χ0v) is 9.67. The van der Waals surface area contributed by atoms with Crippen LogP contribution >= 0.6 is 15.9 Å². The fraction of sp³-hybridized carbons (Fsp3) is 0.625. The third-order valence-electron chi connectivity index (χ3n) is 1.20. The molecule has 0 fully saturated rings. The molecule has 6 heteroatoms. The van der Waals surface area contributed by atoms with Gasteiger partial charge < -0.3 is 9.57 Å². The second-order valence-electron chi connectivity index (χ2n) is 2.32. The zero-order chi connectivity index (χ0) is 11.0. The molecule has 0 unspecified atom stereocenters. The molecule has 0 saturated heterocycles. The van der Waals surface area contributed by atoms with Crippen LogP contribution in [0.2, 0.25) is 0 Å². The molecule has 0 saturated carbocycles. The maximum Gasteiger partial charge on any atom is 0.364 e. The van der Waals surface area contributed by atoms with E-state index in [1.165, 1.54) is 7.11 Å². The van der Waals surface area contributed by atoms with Crippen molar-refractivity contribution in [2.45, 2.75) is 13.3 Å². The normalized spacial score (nSPS) is 10.9. The lowest BCUT2D eigenvalue weighted by Gasteiger charge is -2.03. The van der Waals surface area contributed by atoms with Crippen LogP contribution in [0.15, 0.2) is 5.16 Å². The fourth-order valence-corrected chi connectivity index (χ4v) is 0.885. The van der Waals surface area contributed by atoms with E-state index in [0.717, 1.165) is 0 Å². The highest BCUT2D eigenvalue weighted by Crippen LogP contribution is 1.94. The number of oxime groups is 1. The quantitative estimate of drug-likeness (QED) is 0.235. The smallest absolute Gasteiger partial charge is 0.364 e. The number of carbonyl (C=O) groups is 2. The molecule has 0 spiro atoms. The highest BCUT2D eigenvalue weighted by molar-refractivity contribution is 9.09. The second-order valence-corrected chi connectivity index (χ2v) is 2.88. The Hall–Kier alpha value is -0.910. The summed E-state index contributed by atoms with van der Waals surface area (Å²) in [6.07, 6.45) is 0.689. The van der Waals surface area contributed by atoms with Gasteiger partial charge in [0.15, 0.2) is 0 Å². The molecule has 0 aromatic heterocycles. The van der Waals surface area contributed by atoms with E-state index in [9.17, 15) is 9.59 Å². The average molecular weight is 266 g/mol. The van der Waals surface area contributed by atoms with Crippen LogP contribution in [0.25, 0.3) is 0 Å². The number of carbonyl (C=O) groups excluding carboxylic acids is 2. The number of hydrogen-bond acceptors (Lipinski definition) is 5. The van der Waals surface area contributed by atoms with Crippen molar-refractivity contribution in [3.63, 3.8) is 0 Å². The molecule has 0 aromatic rings. The molecule has 0 aliphatic heterocycles. The van der Waals surface area contributed by atoms with Crippen molar-refractivity contribution in [2.75, 3.05) is 19.0 Å². The van der Waals surface area contributed by atoms with E-state index >= 15 is 0 Å². The molecule has 80 valence electrons. The Bertz CT molecular complexity index is 239. The van der Waals surface area contributed by atoms with Gasteiger partial charge >= 0.3 is 5.97 Å². The average Bonchev–Trinajstić information content (AvgIpc) is 2.21.